The Kier molecular flexibility index (Phi) is 34.0. The summed E-state index contributed by atoms with van der Waals surface area (Å²) in [6.07, 6.45) is 48.7. The van der Waals surface area contributed by atoms with Crippen LogP contribution in [0.15, 0.2) is 60.8 Å². The summed E-state index contributed by atoms with van der Waals surface area (Å²) in [5.74, 6) is -0.0822. The lowest BCUT2D eigenvalue weighted by Crippen LogP contribution is -2.45. The van der Waals surface area contributed by atoms with E-state index in [2.05, 4.69) is 67.8 Å². The molecule has 0 bridgehead atoms. The number of carbonyl (C=O) groups is 1. The van der Waals surface area contributed by atoms with Gasteiger partial charge in [0.25, 0.3) is 0 Å². The fourth-order valence-corrected chi connectivity index (χ4v) is 5.17. The van der Waals surface area contributed by atoms with E-state index in [1.54, 1.807) is 6.08 Å². The molecule has 4 heteroatoms. The van der Waals surface area contributed by atoms with E-state index in [4.69, 9.17) is 0 Å². The highest BCUT2D eigenvalue weighted by Gasteiger charge is 2.17. The van der Waals surface area contributed by atoms with Crippen LogP contribution in [0.25, 0.3) is 0 Å². The van der Waals surface area contributed by atoms with Crippen LogP contribution in [-0.4, -0.2) is 34.9 Å². The summed E-state index contributed by atoms with van der Waals surface area (Å²) in [7, 11) is 0. The summed E-state index contributed by atoms with van der Waals surface area (Å²) in [5.41, 5.74) is 0. The van der Waals surface area contributed by atoms with Crippen molar-refractivity contribution >= 4 is 5.91 Å². The second-order valence-corrected chi connectivity index (χ2v) is 12.3. The molecule has 3 N–H and O–H groups in total. The molecule has 1 amide bonds. The van der Waals surface area contributed by atoms with Crippen LogP contribution < -0.4 is 5.32 Å². The van der Waals surface area contributed by atoms with Gasteiger partial charge < -0.3 is 15.5 Å². The van der Waals surface area contributed by atoms with Crippen LogP contribution in [0, 0.1) is 0 Å². The minimum absolute atomic E-state index is 0.0822. The third-order valence-corrected chi connectivity index (χ3v) is 8.01. The zero-order valence-corrected chi connectivity index (χ0v) is 28.9. The smallest absolute Gasteiger partial charge is 0.220 e. The van der Waals surface area contributed by atoms with Gasteiger partial charge in [-0.2, -0.15) is 0 Å². The van der Waals surface area contributed by atoms with E-state index < -0.39 is 12.1 Å². The van der Waals surface area contributed by atoms with Crippen molar-refractivity contribution in [3.63, 3.8) is 0 Å². The fraction of sp³-hybridized carbons (Fsp3) is 0.725. The number of hydrogen-bond donors (Lipinski definition) is 3. The topological polar surface area (TPSA) is 69.6 Å². The molecule has 0 saturated heterocycles. The molecule has 44 heavy (non-hydrogen) atoms. The van der Waals surface area contributed by atoms with Gasteiger partial charge in [0.05, 0.1) is 18.8 Å². The Hall–Kier alpha value is -1.91. The molecule has 0 aromatic rings. The van der Waals surface area contributed by atoms with E-state index in [-0.39, 0.29) is 12.5 Å². The predicted octanol–water partition coefficient (Wildman–Crippen LogP) is 11.0. The molecule has 0 saturated carbocycles. The van der Waals surface area contributed by atoms with E-state index in [9.17, 15) is 15.0 Å². The van der Waals surface area contributed by atoms with Gasteiger partial charge in [-0.05, 0) is 57.8 Å². The van der Waals surface area contributed by atoms with Gasteiger partial charge in [0.15, 0.2) is 0 Å². The second kappa shape index (κ2) is 35.6. The molecule has 2 atom stereocenters. The number of aliphatic hydroxyl groups is 2. The van der Waals surface area contributed by atoms with E-state index in [1.165, 1.54) is 83.5 Å². The van der Waals surface area contributed by atoms with E-state index in [0.717, 1.165) is 64.2 Å². The minimum Gasteiger partial charge on any atom is -0.394 e. The van der Waals surface area contributed by atoms with Crippen molar-refractivity contribution in [2.45, 2.75) is 180 Å². The highest BCUT2D eigenvalue weighted by atomic mass is 16.3. The summed E-state index contributed by atoms with van der Waals surface area (Å²) in [6.45, 7) is 4.17. The molecule has 4 nitrogen and oxygen atoms in total. The molecule has 0 rings (SSSR count). The molecule has 0 aromatic heterocycles. The van der Waals surface area contributed by atoms with Gasteiger partial charge in [0.1, 0.15) is 0 Å². The first-order valence-corrected chi connectivity index (χ1v) is 18.5. The Balaban J connectivity index is 3.68. The quantitative estimate of drug-likeness (QED) is 0.0522. The van der Waals surface area contributed by atoms with Crippen LogP contribution in [0.4, 0.5) is 0 Å². The first-order valence-electron chi connectivity index (χ1n) is 18.5. The third-order valence-electron chi connectivity index (χ3n) is 8.01. The average Bonchev–Trinajstić information content (AvgIpc) is 3.03. The SMILES string of the molecule is CC/C=C\C/C=C\C/C=C\C/C=C\CCCCCCCCC(=O)NC(CO)C(O)/C=C/CCCCCCCCCCCCC. The van der Waals surface area contributed by atoms with Gasteiger partial charge in [-0.25, -0.2) is 0 Å². The zero-order chi connectivity index (χ0) is 32.2. The first-order chi connectivity index (χ1) is 21.7. The number of aliphatic hydroxyl groups excluding tert-OH is 2. The number of unbranched alkanes of at least 4 members (excludes halogenated alkanes) is 17. The fourth-order valence-electron chi connectivity index (χ4n) is 5.17. The van der Waals surface area contributed by atoms with E-state index in [0.29, 0.717) is 6.42 Å². The lowest BCUT2D eigenvalue weighted by atomic mass is 10.0. The van der Waals surface area contributed by atoms with Crippen molar-refractivity contribution in [1.29, 1.82) is 0 Å². The molecule has 0 spiro atoms. The maximum Gasteiger partial charge on any atom is 0.220 e. The van der Waals surface area contributed by atoms with E-state index >= 15 is 0 Å². The maximum absolute atomic E-state index is 12.3. The first kappa shape index (κ1) is 42.1. The van der Waals surface area contributed by atoms with Crippen LogP contribution in [0.5, 0.6) is 0 Å². The van der Waals surface area contributed by atoms with Gasteiger partial charge in [0.2, 0.25) is 5.91 Å². The Labute approximate surface area is 273 Å². The van der Waals surface area contributed by atoms with Gasteiger partial charge in [-0.3, -0.25) is 4.79 Å². The Morgan fingerprint density at radius 1 is 0.568 bits per heavy atom. The zero-order valence-electron chi connectivity index (χ0n) is 28.9. The number of allylic oxidation sites excluding steroid dienone is 9. The second-order valence-electron chi connectivity index (χ2n) is 12.3. The number of amides is 1. The minimum atomic E-state index is -0.846. The summed E-state index contributed by atoms with van der Waals surface area (Å²) < 4.78 is 0. The molecular formula is C40H71NO3. The molecule has 0 aliphatic carbocycles. The van der Waals surface area contributed by atoms with Gasteiger partial charge in [0, 0.05) is 6.42 Å². The molecule has 0 heterocycles. The van der Waals surface area contributed by atoms with Crippen molar-refractivity contribution in [1.82, 2.24) is 5.32 Å². The molecule has 0 fully saturated rings. The van der Waals surface area contributed by atoms with Crippen LogP contribution >= 0.6 is 0 Å². The Bertz CT molecular complexity index is 752. The summed E-state index contributed by atoms with van der Waals surface area (Å²) in [5, 5.41) is 22.9. The highest BCUT2D eigenvalue weighted by molar-refractivity contribution is 5.76. The normalized spacial score (nSPS) is 13.8. The molecule has 0 aliphatic rings. The summed E-state index contributed by atoms with van der Waals surface area (Å²) in [6, 6.07) is -0.630. The molecule has 2 unspecified atom stereocenters. The van der Waals surface area contributed by atoms with Gasteiger partial charge >= 0.3 is 0 Å². The summed E-state index contributed by atoms with van der Waals surface area (Å²) in [4.78, 5) is 12.3. The van der Waals surface area contributed by atoms with Crippen LogP contribution in [-0.2, 0) is 4.79 Å². The highest BCUT2D eigenvalue weighted by Crippen LogP contribution is 2.13. The number of rotatable bonds is 32. The molecule has 254 valence electrons. The standard InChI is InChI=1S/C40H71NO3/c1-3-5-7-9-11-13-15-17-18-19-20-21-22-24-26-28-30-32-34-36-40(44)41-38(37-42)39(43)35-33-31-29-27-25-23-16-14-12-10-8-6-4-2/h5,7,11,13,17-18,20-21,33,35,38-39,42-43H,3-4,6,8-10,12,14-16,19,22-32,34,36-37H2,1-2H3,(H,41,44)/b7-5-,13-11-,18-17-,21-20-,35-33+. The molecule has 0 aromatic carbocycles. The number of carbonyl (C=O) groups excluding carboxylic acids is 1. The largest absolute Gasteiger partial charge is 0.394 e. The Morgan fingerprint density at radius 3 is 1.50 bits per heavy atom. The van der Waals surface area contributed by atoms with Crippen molar-refractivity contribution < 1.29 is 15.0 Å². The monoisotopic (exact) mass is 614 g/mol. The van der Waals surface area contributed by atoms with Crippen LogP contribution in [0.1, 0.15) is 168 Å². The van der Waals surface area contributed by atoms with Gasteiger partial charge in [-0.15, -0.1) is 0 Å². The molecule has 0 radical (unpaired) electrons. The number of hydrogen-bond acceptors (Lipinski definition) is 3. The average molecular weight is 614 g/mol. The number of nitrogens with one attached hydrogen (secondary N) is 1. The lowest BCUT2D eigenvalue weighted by Gasteiger charge is -2.20. The van der Waals surface area contributed by atoms with E-state index in [1.807, 2.05) is 6.08 Å². The lowest BCUT2D eigenvalue weighted by molar-refractivity contribution is -0.123. The van der Waals surface area contributed by atoms with Crippen molar-refractivity contribution in [3.05, 3.63) is 60.8 Å². The van der Waals surface area contributed by atoms with Crippen molar-refractivity contribution in [2.24, 2.45) is 0 Å². The molecule has 0 aliphatic heterocycles. The van der Waals surface area contributed by atoms with Crippen molar-refractivity contribution in [2.75, 3.05) is 6.61 Å². The van der Waals surface area contributed by atoms with Crippen LogP contribution in [0.3, 0.4) is 0 Å². The van der Waals surface area contributed by atoms with Gasteiger partial charge in [-0.1, -0.05) is 164 Å². The molecular weight excluding hydrogens is 542 g/mol. The summed E-state index contributed by atoms with van der Waals surface area (Å²) >= 11 is 0. The maximum atomic E-state index is 12.3. The van der Waals surface area contributed by atoms with Crippen molar-refractivity contribution in [3.8, 4) is 0 Å². The van der Waals surface area contributed by atoms with Crippen LogP contribution in [0.2, 0.25) is 0 Å². The Morgan fingerprint density at radius 2 is 1.00 bits per heavy atom. The predicted molar refractivity (Wildman–Crippen MR) is 193 cm³/mol. The third kappa shape index (κ3) is 31.5.